The molecular formula is C12H7ClF2N2O3S. The van der Waals surface area contributed by atoms with Gasteiger partial charge in [-0.1, -0.05) is 23.4 Å². The van der Waals surface area contributed by atoms with Gasteiger partial charge in [-0.05, 0) is 6.07 Å². The van der Waals surface area contributed by atoms with E-state index in [0.717, 1.165) is 28.5 Å². The fourth-order valence-corrected chi connectivity index (χ4v) is 2.53. The maximum absolute atomic E-state index is 13.9. The molecule has 1 aromatic carbocycles. The van der Waals surface area contributed by atoms with E-state index in [4.69, 9.17) is 16.7 Å². The van der Waals surface area contributed by atoms with Crippen LogP contribution in [0.3, 0.4) is 0 Å². The molecule has 110 valence electrons. The Labute approximate surface area is 126 Å². The molecule has 0 saturated carbocycles. The second-order valence-corrected chi connectivity index (χ2v) is 5.17. The summed E-state index contributed by atoms with van der Waals surface area (Å²) in [6.45, 7) is 0. The molecule has 1 aromatic heterocycles. The number of carbonyl (C=O) groups is 1. The van der Waals surface area contributed by atoms with Crippen LogP contribution in [0.15, 0.2) is 34.3 Å². The molecule has 1 N–H and O–H groups in total. The number of rotatable bonds is 4. The van der Waals surface area contributed by atoms with Crippen molar-refractivity contribution in [2.75, 3.05) is 5.75 Å². The highest BCUT2D eigenvalue weighted by molar-refractivity contribution is 7.99. The van der Waals surface area contributed by atoms with Gasteiger partial charge in [-0.15, -0.1) is 0 Å². The molecule has 2 aromatic rings. The molecule has 0 aliphatic carbocycles. The molecule has 0 saturated heterocycles. The van der Waals surface area contributed by atoms with Gasteiger partial charge in [-0.3, -0.25) is 14.2 Å². The van der Waals surface area contributed by atoms with Crippen LogP contribution < -0.4 is 5.56 Å². The van der Waals surface area contributed by atoms with E-state index >= 15 is 0 Å². The lowest BCUT2D eigenvalue weighted by atomic mass is 10.3. The summed E-state index contributed by atoms with van der Waals surface area (Å²) in [6.07, 6.45) is 1.20. The van der Waals surface area contributed by atoms with Gasteiger partial charge in [0.1, 0.15) is 11.5 Å². The number of nitrogens with zero attached hydrogens (tertiary/aromatic N) is 2. The molecule has 5 nitrogen and oxygen atoms in total. The quantitative estimate of drug-likeness (QED) is 0.687. The number of benzene rings is 1. The first-order chi connectivity index (χ1) is 9.88. The zero-order valence-electron chi connectivity index (χ0n) is 10.2. The van der Waals surface area contributed by atoms with Crippen LogP contribution in [-0.2, 0) is 4.79 Å². The lowest BCUT2D eigenvalue weighted by Crippen LogP contribution is -2.14. The Balaban J connectivity index is 2.58. The van der Waals surface area contributed by atoms with Gasteiger partial charge in [0.2, 0.25) is 0 Å². The van der Waals surface area contributed by atoms with E-state index in [1.165, 1.54) is 6.20 Å². The predicted octanol–water partition coefficient (Wildman–Crippen LogP) is 2.34. The summed E-state index contributed by atoms with van der Waals surface area (Å²) in [7, 11) is 0. The van der Waals surface area contributed by atoms with Crippen LogP contribution in [0.2, 0.25) is 5.02 Å². The van der Waals surface area contributed by atoms with Crippen molar-refractivity contribution in [3.8, 4) is 5.69 Å². The van der Waals surface area contributed by atoms with Gasteiger partial charge >= 0.3 is 5.97 Å². The minimum absolute atomic E-state index is 0.0580. The summed E-state index contributed by atoms with van der Waals surface area (Å²) in [4.78, 5) is 25.5. The van der Waals surface area contributed by atoms with Crippen LogP contribution >= 0.6 is 23.4 Å². The number of carboxylic acid groups (broad SMARTS) is 1. The topological polar surface area (TPSA) is 72.2 Å². The van der Waals surface area contributed by atoms with E-state index in [1.54, 1.807) is 0 Å². The van der Waals surface area contributed by atoms with E-state index in [0.29, 0.717) is 6.07 Å². The standard InChI is InChI=1S/C12H7ClF2N2O3S/c13-7-3-6(14)4-8(15)11(7)17-2-1-9(18)16-12(17)21-5-10(19)20/h1-4H,5H2,(H,19,20). The molecule has 0 unspecified atom stereocenters. The van der Waals surface area contributed by atoms with Gasteiger partial charge < -0.3 is 5.11 Å². The third-order valence-electron chi connectivity index (χ3n) is 2.33. The molecule has 9 heteroatoms. The van der Waals surface area contributed by atoms with Crippen LogP contribution in [0.25, 0.3) is 5.69 Å². The maximum atomic E-state index is 13.9. The summed E-state index contributed by atoms with van der Waals surface area (Å²) in [5, 5.41) is 8.38. The summed E-state index contributed by atoms with van der Waals surface area (Å²) in [5.41, 5.74) is -0.823. The van der Waals surface area contributed by atoms with Crippen LogP contribution in [-0.4, -0.2) is 26.4 Å². The van der Waals surface area contributed by atoms with Gasteiger partial charge in [0.15, 0.2) is 11.0 Å². The smallest absolute Gasteiger partial charge is 0.313 e. The Kier molecular flexibility index (Phi) is 4.59. The summed E-state index contributed by atoms with van der Waals surface area (Å²) >= 11 is 6.53. The molecular weight excluding hydrogens is 326 g/mol. The van der Waals surface area contributed by atoms with Gasteiger partial charge in [0.05, 0.1) is 10.8 Å². The average Bonchev–Trinajstić information content (AvgIpc) is 2.37. The molecule has 1 heterocycles. The largest absolute Gasteiger partial charge is 0.481 e. The number of hydrogen-bond acceptors (Lipinski definition) is 4. The van der Waals surface area contributed by atoms with Crippen molar-refractivity contribution in [3.05, 3.63) is 51.4 Å². The average molecular weight is 333 g/mol. The van der Waals surface area contributed by atoms with Gasteiger partial charge in [0.25, 0.3) is 5.56 Å². The number of thioether (sulfide) groups is 1. The zero-order valence-corrected chi connectivity index (χ0v) is 11.8. The van der Waals surface area contributed by atoms with E-state index in [-0.39, 0.29) is 21.6 Å². The third-order valence-corrected chi connectivity index (χ3v) is 3.55. The lowest BCUT2D eigenvalue weighted by Gasteiger charge is -2.13. The lowest BCUT2D eigenvalue weighted by molar-refractivity contribution is -0.133. The highest BCUT2D eigenvalue weighted by Crippen LogP contribution is 2.28. The molecule has 0 atom stereocenters. The van der Waals surface area contributed by atoms with Crippen LogP contribution in [0.4, 0.5) is 8.78 Å². The molecule has 0 amide bonds. The molecule has 0 aliphatic rings. The van der Waals surface area contributed by atoms with E-state index in [1.807, 2.05) is 0 Å². The van der Waals surface area contributed by atoms with Crippen molar-refractivity contribution in [1.82, 2.24) is 9.55 Å². The minimum atomic E-state index is -1.13. The van der Waals surface area contributed by atoms with Crippen molar-refractivity contribution >= 4 is 29.3 Å². The van der Waals surface area contributed by atoms with E-state index in [9.17, 15) is 18.4 Å². The fraction of sp³-hybridized carbons (Fsp3) is 0.0833. The second-order valence-electron chi connectivity index (χ2n) is 3.82. The molecule has 0 aliphatic heterocycles. The number of carboxylic acids is 1. The molecule has 0 fully saturated rings. The first-order valence-corrected chi connectivity index (χ1v) is 6.84. The van der Waals surface area contributed by atoms with Crippen LogP contribution in [0, 0.1) is 11.6 Å². The molecule has 2 rings (SSSR count). The second kappa shape index (κ2) is 6.23. The Bertz CT molecular complexity index is 743. The number of aromatic nitrogens is 2. The molecule has 0 spiro atoms. The SMILES string of the molecule is O=C(O)CSc1nc(=O)ccn1-c1c(F)cc(F)cc1Cl. The monoisotopic (exact) mass is 332 g/mol. The molecule has 0 bridgehead atoms. The molecule has 21 heavy (non-hydrogen) atoms. The Morgan fingerprint density at radius 1 is 1.43 bits per heavy atom. The highest BCUT2D eigenvalue weighted by Gasteiger charge is 2.16. The van der Waals surface area contributed by atoms with Gasteiger partial charge in [-0.2, -0.15) is 4.98 Å². The highest BCUT2D eigenvalue weighted by atomic mass is 35.5. The Morgan fingerprint density at radius 3 is 2.76 bits per heavy atom. The summed E-state index contributed by atoms with van der Waals surface area (Å²) in [5.74, 6) is -3.32. The Morgan fingerprint density at radius 2 is 2.14 bits per heavy atom. The molecule has 0 radical (unpaired) electrons. The van der Waals surface area contributed by atoms with Crippen molar-refractivity contribution in [2.45, 2.75) is 5.16 Å². The van der Waals surface area contributed by atoms with Crippen LogP contribution in [0.1, 0.15) is 0 Å². The van der Waals surface area contributed by atoms with E-state index in [2.05, 4.69) is 4.98 Å². The maximum Gasteiger partial charge on any atom is 0.313 e. The third kappa shape index (κ3) is 3.59. The van der Waals surface area contributed by atoms with Crippen molar-refractivity contribution in [3.63, 3.8) is 0 Å². The summed E-state index contributed by atoms with van der Waals surface area (Å²) in [6, 6.07) is 2.60. The van der Waals surface area contributed by atoms with Gasteiger partial charge in [0, 0.05) is 18.3 Å². The minimum Gasteiger partial charge on any atom is -0.481 e. The number of hydrogen-bond donors (Lipinski definition) is 1. The zero-order chi connectivity index (χ0) is 15.6. The predicted molar refractivity (Wildman–Crippen MR) is 73.1 cm³/mol. The number of halogens is 3. The first-order valence-electron chi connectivity index (χ1n) is 5.47. The normalized spacial score (nSPS) is 10.6. The van der Waals surface area contributed by atoms with E-state index < -0.39 is 23.2 Å². The van der Waals surface area contributed by atoms with Crippen molar-refractivity contribution in [1.29, 1.82) is 0 Å². The van der Waals surface area contributed by atoms with Crippen LogP contribution in [0.5, 0.6) is 0 Å². The van der Waals surface area contributed by atoms with Gasteiger partial charge in [-0.25, -0.2) is 8.78 Å². The Hall–Kier alpha value is -1.93. The fourth-order valence-electron chi connectivity index (χ4n) is 1.55. The van der Waals surface area contributed by atoms with Crippen molar-refractivity contribution in [2.24, 2.45) is 0 Å². The number of aliphatic carboxylic acids is 1. The first kappa shape index (κ1) is 15.5. The van der Waals surface area contributed by atoms with Crippen molar-refractivity contribution < 1.29 is 18.7 Å². The summed E-state index contributed by atoms with van der Waals surface area (Å²) < 4.78 is 28.1.